The molecule has 8 nitrogen and oxygen atoms in total. The first-order valence-electron chi connectivity index (χ1n) is 10.9. The summed E-state index contributed by atoms with van der Waals surface area (Å²) in [4.78, 5) is 32.7. The molecular formula is C23H28N4O4S. The Balaban J connectivity index is 1.29. The largest absolute Gasteiger partial charge is 0.368 e. The predicted molar refractivity (Wildman–Crippen MR) is 121 cm³/mol. The second-order valence-corrected chi connectivity index (χ2v) is 10.2. The molecule has 1 aromatic heterocycles. The molecule has 3 heterocycles. The van der Waals surface area contributed by atoms with Crippen LogP contribution < -0.4 is 4.90 Å². The van der Waals surface area contributed by atoms with E-state index in [9.17, 15) is 18.0 Å². The van der Waals surface area contributed by atoms with Gasteiger partial charge in [-0.25, -0.2) is 8.42 Å². The number of rotatable bonds is 5. The SMILES string of the molecule is CC(=O)c1ccc(N2CCN(C(=O)C3CCN(S(=O)(=O)c4cccnc4)CC3)CC2)cc1. The zero-order valence-corrected chi connectivity index (χ0v) is 19.0. The summed E-state index contributed by atoms with van der Waals surface area (Å²) < 4.78 is 27.0. The standard InChI is InChI=1S/C23H28N4O4S/c1-18(28)19-4-6-21(7-5-19)25-13-15-26(16-14-25)23(29)20-8-11-27(12-9-20)32(30,31)22-3-2-10-24-17-22/h2-7,10,17,20H,8-9,11-16H2,1H3. The van der Waals surface area contributed by atoms with Crippen LogP contribution in [-0.4, -0.2) is 73.6 Å². The molecule has 0 radical (unpaired) electrons. The third-order valence-electron chi connectivity index (χ3n) is 6.31. The lowest BCUT2D eigenvalue weighted by Gasteiger charge is -2.39. The minimum atomic E-state index is -3.56. The van der Waals surface area contributed by atoms with Crippen molar-refractivity contribution in [2.45, 2.75) is 24.7 Å². The van der Waals surface area contributed by atoms with E-state index in [0.717, 1.165) is 18.8 Å². The van der Waals surface area contributed by atoms with Crippen LogP contribution in [0.1, 0.15) is 30.1 Å². The number of sulfonamides is 1. The van der Waals surface area contributed by atoms with Crippen LogP contribution in [0.15, 0.2) is 53.7 Å². The molecule has 0 N–H and O–H groups in total. The first-order valence-corrected chi connectivity index (χ1v) is 12.3. The lowest BCUT2D eigenvalue weighted by Crippen LogP contribution is -2.52. The first kappa shape index (κ1) is 22.4. The fourth-order valence-corrected chi connectivity index (χ4v) is 5.78. The van der Waals surface area contributed by atoms with Gasteiger partial charge in [0.15, 0.2) is 5.78 Å². The number of pyridine rings is 1. The summed E-state index contributed by atoms with van der Waals surface area (Å²) in [5.74, 6) is 0.0259. The van der Waals surface area contributed by atoms with E-state index in [1.165, 1.54) is 10.5 Å². The molecule has 1 amide bonds. The smallest absolute Gasteiger partial charge is 0.244 e. The number of carbonyl (C=O) groups excluding carboxylic acids is 2. The zero-order valence-electron chi connectivity index (χ0n) is 18.2. The van der Waals surface area contributed by atoms with Crippen molar-refractivity contribution < 1.29 is 18.0 Å². The van der Waals surface area contributed by atoms with Crippen molar-refractivity contribution in [3.8, 4) is 0 Å². The van der Waals surface area contributed by atoms with Gasteiger partial charge in [0.2, 0.25) is 15.9 Å². The van der Waals surface area contributed by atoms with Crippen molar-refractivity contribution >= 4 is 27.4 Å². The Morgan fingerprint density at radius 3 is 2.16 bits per heavy atom. The van der Waals surface area contributed by atoms with Gasteiger partial charge in [-0.1, -0.05) is 0 Å². The molecule has 2 aliphatic rings. The molecule has 32 heavy (non-hydrogen) atoms. The normalized spacial score (nSPS) is 18.5. The van der Waals surface area contributed by atoms with Gasteiger partial charge in [0.05, 0.1) is 0 Å². The minimum Gasteiger partial charge on any atom is -0.368 e. The van der Waals surface area contributed by atoms with Crippen LogP contribution in [0.2, 0.25) is 0 Å². The maximum absolute atomic E-state index is 13.0. The van der Waals surface area contributed by atoms with Gasteiger partial charge in [0.25, 0.3) is 0 Å². The first-order chi connectivity index (χ1) is 15.4. The van der Waals surface area contributed by atoms with Gasteiger partial charge in [0, 0.05) is 68.8 Å². The van der Waals surface area contributed by atoms with Gasteiger partial charge in [0.1, 0.15) is 4.90 Å². The monoisotopic (exact) mass is 456 g/mol. The highest BCUT2D eigenvalue weighted by Crippen LogP contribution is 2.26. The molecule has 2 saturated heterocycles. The molecule has 2 fully saturated rings. The van der Waals surface area contributed by atoms with Crippen molar-refractivity contribution in [1.82, 2.24) is 14.2 Å². The lowest BCUT2D eigenvalue weighted by molar-refractivity contribution is -0.137. The summed E-state index contributed by atoms with van der Waals surface area (Å²) in [6.07, 6.45) is 3.97. The number of nitrogens with zero attached hydrogens (tertiary/aromatic N) is 4. The Labute approximate surface area is 188 Å². The number of piperidine rings is 1. The Bertz CT molecular complexity index is 1060. The van der Waals surface area contributed by atoms with E-state index in [4.69, 9.17) is 0 Å². The third-order valence-corrected chi connectivity index (χ3v) is 8.19. The van der Waals surface area contributed by atoms with Crippen molar-refractivity contribution in [1.29, 1.82) is 0 Å². The van der Waals surface area contributed by atoms with Crippen molar-refractivity contribution in [3.63, 3.8) is 0 Å². The Kier molecular flexibility index (Phi) is 6.57. The van der Waals surface area contributed by atoms with E-state index < -0.39 is 10.0 Å². The van der Waals surface area contributed by atoms with E-state index in [2.05, 4.69) is 9.88 Å². The molecule has 0 aliphatic carbocycles. The molecule has 0 spiro atoms. The number of aromatic nitrogens is 1. The van der Waals surface area contributed by atoms with Crippen LogP contribution in [0.3, 0.4) is 0 Å². The molecular weight excluding hydrogens is 428 g/mol. The fourth-order valence-electron chi connectivity index (χ4n) is 4.34. The third kappa shape index (κ3) is 4.68. The van der Waals surface area contributed by atoms with Crippen LogP contribution >= 0.6 is 0 Å². The molecule has 2 aromatic rings. The van der Waals surface area contributed by atoms with Gasteiger partial charge < -0.3 is 9.80 Å². The second-order valence-electron chi connectivity index (χ2n) is 8.28. The molecule has 0 bridgehead atoms. The average Bonchev–Trinajstić information content (AvgIpc) is 2.84. The van der Waals surface area contributed by atoms with Gasteiger partial charge in [-0.15, -0.1) is 0 Å². The number of piperazine rings is 1. The summed E-state index contributed by atoms with van der Waals surface area (Å²) >= 11 is 0. The predicted octanol–water partition coefficient (Wildman–Crippen LogP) is 2.03. The number of ketones is 1. The number of carbonyl (C=O) groups is 2. The van der Waals surface area contributed by atoms with Gasteiger partial charge >= 0.3 is 0 Å². The number of hydrogen-bond donors (Lipinski definition) is 0. The Hall–Kier alpha value is -2.78. The Morgan fingerprint density at radius 2 is 1.59 bits per heavy atom. The lowest BCUT2D eigenvalue weighted by atomic mass is 9.96. The number of hydrogen-bond acceptors (Lipinski definition) is 6. The molecule has 4 rings (SSSR count). The number of amides is 1. The highest BCUT2D eigenvalue weighted by Gasteiger charge is 2.34. The van der Waals surface area contributed by atoms with Crippen LogP contribution in [0, 0.1) is 5.92 Å². The van der Waals surface area contributed by atoms with Gasteiger partial charge in [-0.05, 0) is 56.2 Å². The van der Waals surface area contributed by atoms with Crippen molar-refractivity contribution in [3.05, 3.63) is 54.4 Å². The number of benzene rings is 1. The molecule has 0 unspecified atom stereocenters. The molecule has 0 saturated carbocycles. The molecule has 1 aromatic carbocycles. The van der Waals surface area contributed by atoms with Crippen LogP contribution in [0.5, 0.6) is 0 Å². The Morgan fingerprint density at radius 1 is 0.938 bits per heavy atom. The maximum Gasteiger partial charge on any atom is 0.244 e. The summed E-state index contributed by atoms with van der Waals surface area (Å²) in [5.41, 5.74) is 1.75. The summed E-state index contributed by atoms with van der Waals surface area (Å²) in [6, 6.07) is 10.7. The molecule has 0 atom stereocenters. The molecule has 170 valence electrons. The number of Topliss-reactive ketones (excluding diaryl/α,β-unsaturated/α-hetero) is 1. The zero-order chi connectivity index (χ0) is 22.7. The maximum atomic E-state index is 13.0. The van der Waals surface area contributed by atoms with Crippen LogP contribution in [0.25, 0.3) is 0 Å². The highest BCUT2D eigenvalue weighted by molar-refractivity contribution is 7.89. The van der Waals surface area contributed by atoms with Crippen molar-refractivity contribution in [2.24, 2.45) is 5.92 Å². The topological polar surface area (TPSA) is 90.9 Å². The summed E-state index contributed by atoms with van der Waals surface area (Å²) in [7, 11) is -3.56. The second kappa shape index (κ2) is 9.38. The van der Waals surface area contributed by atoms with Crippen molar-refractivity contribution in [2.75, 3.05) is 44.2 Å². The molecule has 2 aliphatic heterocycles. The van der Waals surface area contributed by atoms with Crippen LogP contribution in [-0.2, 0) is 14.8 Å². The number of anilines is 1. The van der Waals surface area contributed by atoms with E-state index in [1.807, 2.05) is 29.2 Å². The van der Waals surface area contributed by atoms with Gasteiger partial charge in [-0.2, -0.15) is 4.31 Å². The summed E-state index contributed by atoms with van der Waals surface area (Å²) in [6.45, 7) is 4.99. The highest BCUT2D eigenvalue weighted by atomic mass is 32.2. The summed E-state index contributed by atoms with van der Waals surface area (Å²) in [5, 5.41) is 0. The minimum absolute atomic E-state index is 0.0475. The van der Waals surface area contributed by atoms with Gasteiger partial charge in [-0.3, -0.25) is 14.6 Å². The van der Waals surface area contributed by atoms with E-state index in [0.29, 0.717) is 44.6 Å². The van der Waals surface area contributed by atoms with Crippen LogP contribution in [0.4, 0.5) is 5.69 Å². The van der Waals surface area contributed by atoms with E-state index >= 15 is 0 Å². The molecule has 9 heteroatoms. The fraction of sp³-hybridized carbons (Fsp3) is 0.435. The average molecular weight is 457 g/mol. The van der Waals surface area contributed by atoms with E-state index in [1.54, 1.807) is 25.3 Å². The quantitative estimate of drug-likeness (QED) is 0.640. The van der Waals surface area contributed by atoms with E-state index in [-0.39, 0.29) is 22.5 Å².